The van der Waals surface area contributed by atoms with Gasteiger partial charge in [0.25, 0.3) is 5.91 Å². The fourth-order valence-corrected chi connectivity index (χ4v) is 4.64. The molecule has 1 saturated heterocycles. The summed E-state index contributed by atoms with van der Waals surface area (Å²) in [5.41, 5.74) is 1.69. The highest BCUT2D eigenvalue weighted by Crippen LogP contribution is 2.48. The number of halogens is 4. The third kappa shape index (κ3) is 7.68. The number of carbonyl (C=O) groups is 3. The Kier molecular flexibility index (Phi) is 9.27. The van der Waals surface area contributed by atoms with Gasteiger partial charge >= 0.3 is 18.1 Å². The lowest BCUT2D eigenvalue weighted by atomic mass is 10.0. The number of hydrogen-bond acceptors (Lipinski definition) is 6. The minimum Gasteiger partial charge on any atom is -0.480 e. The van der Waals surface area contributed by atoms with Gasteiger partial charge in [-0.2, -0.15) is 13.2 Å². The largest absolute Gasteiger partial charge is 0.490 e. The molecular weight excluding hydrogens is 564 g/mol. The zero-order valence-corrected chi connectivity index (χ0v) is 23.1. The van der Waals surface area contributed by atoms with E-state index in [1.54, 1.807) is 12.3 Å². The number of carbonyl (C=O) groups excluding carboxylic acids is 1. The van der Waals surface area contributed by atoms with Gasteiger partial charge in [-0.25, -0.2) is 19.0 Å². The van der Waals surface area contributed by atoms with E-state index in [4.69, 9.17) is 19.4 Å². The van der Waals surface area contributed by atoms with Crippen molar-refractivity contribution in [2.24, 2.45) is 5.92 Å². The summed E-state index contributed by atoms with van der Waals surface area (Å²) in [6.07, 6.45) is 1.51. The van der Waals surface area contributed by atoms with Gasteiger partial charge in [0.1, 0.15) is 23.4 Å². The van der Waals surface area contributed by atoms with E-state index in [2.05, 4.69) is 18.8 Å². The zero-order chi connectivity index (χ0) is 30.8. The number of amides is 1. The number of aromatic nitrogens is 1. The predicted molar refractivity (Wildman–Crippen MR) is 140 cm³/mol. The van der Waals surface area contributed by atoms with Crippen LogP contribution in [0, 0.1) is 11.7 Å². The quantitative estimate of drug-likeness (QED) is 0.332. The van der Waals surface area contributed by atoms with Gasteiger partial charge in [-0.1, -0.05) is 13.8 Å². The van der Waals surface area contributed by atoms with Crippen LogP contribution >= 0.6 is 0 Å². The molecule has 1 amide bonds. The topological polar surface area (TPSA) is 126 Å². The normalized spacial score (nSPS) is 18.4. The van der Waals surface area contributed by atoms with E-state index >= 15 is 4.39 Å². The fourth-order valence-electron chi connectivity index (χ4n) is 4.64. The zero-order valence-electron chi connectivity index (χ0n) is 23.1. The molecule has 13 heteroatoms. The number of ether oxygens (including phenoxy) is 2. The average Bonchev–Trinajstić information content (AvgIpc) is 3.85. The lowest BCUT2D eigenvalue weighted by molar-refractivity contribution is -0.192. The highest BCUT2D eigenvalue weighted by atomic mass is 19.4. The summed E-state index contributed by atoms with van der Waals surface area (Å²) >= 11 is 0. The molecule has 228 valence electrons. The van der Waals surface area contributed by atoms with Crippen LogP contribution in [0.1, 0.15) is 85.7 Å². The summed E-state index contributed by atoms with van der Waals surface area (Å²) in [4.78, 5) is 39.3. The molecule has 2 heterocycles. The molecule has 5 rings (SSSR count). The molecule has 1 aliphatic heterocycles. The maximum absolute atomic E-state index is 15.2. The number of benzene rings is 1. The predicted octanol–water partition coefficient (Wildman–Crippen LogP) is 6.13. The molecule has 0 unspecified atom stereocenters. The second-order valence-corrected chi connectivity index (χ2v) is 11.1. The molecule has 0 spiro atoms. The van der Waals surface area contributed by atoms with Gasteiger partial charge < -0.3 is 24.6 Å². The van der Waals surface area contributed by atoms with Crippen LogP contribution in [0.5, 0.6) is 17.4 Å². The van der Waals surface area contributed by atoms with E-state index in [1.165, 1.54) is 11.0 Å². The molecule has 2 N–H and O–H groups in total. The Morgan fingerprint density at radius 3 is 2.19 bits per heavy atom. The third-order valence-corrected chi connectivity index (χ3v) is 7.04. The number of carboxylic acids is 2. The summed E-state index contributed by atoms with van der Waals surface area (Å²) in [6.45, 7) is 5.07. The van der Waals surface area contributed by atoms with E-state index in [0.29, 0.717) is 55.2 Å². The molecule has 2 saturated carbocycles. The summed E-state index contributed by atoms with van der Waals surface area (Å²) in [5.74, 6) is -2.62. The first-order valence-corrected chi connectivity index (χ1v) is 13.7. The van der Waals surface area contributed by atoms with Gasteiger partial charge in [0.15, 0.2) is 0 Å². The van der Waals surface area contributed by atoms with Crippen molar-refractivity contribution in [2.45, 2.75) is 76.4 Å². The Morgan fingerprint density at radius 1 is 1.02 bits per heavy atom. The maximum atomic E-state index is 15.2. The molecule has 42 heavy (non-hydrogen) atoms. The van der Waals surface area contributed by atoms with E-state index in [1.807, 2.05) is 6.07 Å². The molecule has 9 nitrogen and oxygen atoms in total. The van der Waals surface area contributed by atoms with Crippen LogP contribution in [0.3, 0.4) is 0 Å². The first-order chi connectivity index (χ1) is 19.8. The molecule has 0 radical (unpaired) electrons. The standard InChI is InChI=1S/C27H31FN2O5.C2HF3O2/c1-15(2)14-34-25-20(17-7-8-17)10-18(13-29-25)35-24-12-22(28)21(11-19(24)16-5-6-16)26(31)30-9-3-4-23(30)27(32)33;3-2(4,5)1(6)7/h10-13,15-17,23H,3-9,14H2,1-2H3,(H,32,33);(H,6,7)/t23-;/m0./s1. The maximum Gasteiger partial charge on any atom is 0.490 e. The van der Waals surface area contributed by atoms with Crippen LogP contribution in [-0.4, -0.2) is 63.3 Å². The fraction of sp³-hybridized carbons (Fsp3) is 0.517. The third-order valence-electron chi connectivity index (χ3n) is 7.04. The first kappa shape index (κ1) is 31.0. The molecule has 3 aliphatic rings. The van der Waals surface area contributed by atoms with E-state index in [-0.39, 0.29) is 11.5 Å². The number of pyridine rings is 1. The van der Waals surface area contributed by atoms with Crippen LogP contribution in [0.4, 0.5) is 17.6 Å². The van der Waals surface area contributed by atoms with Crippen molar-refractivity contribution in [3.63, 3.8) is 0 Å². The van der Waals surface area contributed by atoms with E-state index < -0.39 is 35.9 Å². The monoisotopic (exact) mass is 596 g/mol. The highest BCUT2D eigenvalue weighted by Gasteiger charge is 2.39. The van der Waals surface area contributed by atoms with E-state index in [9.17, 15) is 27.9 Å². The molecule has 0 bridgehead atoms. The lowest BCUT2D eigenvalue weighted by Gasteiger charge is -2.22. The smallest absolute Gasteiger partial charge is 0.480 e. The van der Waals surface area contributed by atoms with Crippen molar-refractivity contribution in [1.82, 2.24) is 9.88 Å². The molecule has 1 aromatic heterocycles. The van der Waals surface area contributed by atoms with Gasteiger partial charge in [0.2, 0.25) is 5.88 Å². The van der Waals surface area contributed by atoms with Crippen LogP contribution in [0.2, 0.25) is 0 Å². The number of carboxylic acid groups (broad SMARTS) is 2. The van der Waals surface area contributed by atoms with Crippen molar-refractivity contribution in [2.75, 3.05) is 13.2 Å². The van der Waals surface area contributed by atoms with Crippen molar-refractivity contribution < 1.29 is 51.6 Å². The van der Waals surface area contributed by atoms with Gasteiger partial charge in [-0.15, -0.1) is 0 Å². The number of nitrogens with zero attached hydrogens (tertiary/aromatic N) is 2. The van der Waals surface area contributed by atoms with Crippen LogP contribution < -0.4 is 9.47 Å². The first-order valence-electron chi connectivity index (χ1n) is 13.7. The number of aliphatic carboxylic acids is 2. The Labute approximate surface area is 239 Å². The Balaban J connectivity index is 0.000000517. The molecular formula is C29H32F4N2O7. The Bertz CT molecular complexity index is 1340. The summed E-state index contributed by atoms with van der Waals surface area (Å²) in [5, 5.41) is 16.6. The second-order valence-electron chi connectivity index (χ2n) is 11.1. The average molecular weight is 597 g/mol. The van der Waals surface area contributed by atoms with Gasteiger partial charge in [0, 0.05) is 18.2 Å². The van der Waals surface area contributed by atoms with Crippen LogP contribution in [-0.2, 0) is 9.59 Å². The minimum atomic E-state index is -5.08. The van der Waals surface area contributed by atoms with Gasteiger partial charge in [-0.3, -0.25) is 4.79 Å². The summed E-state index contributed by atoms with van der Waals surface area (Å²) in [6, 6.07) is 3.82. The number of likely N-dealkylation sites (tertiary alicyclic amines) is 1. The second kappa shape index (κ2) is 12.5. The summed E-state index contributed by atoms with van der Waals surface area (Å²) in [7, 11) is 0. The number of alkyl halides is 3. The van der Waals surface area contributed by atoms with Crippen molar-refractivity contribution in [3.05, 3.63) is 46.9 Å². The molecule has 3 fully saturated rings. The van der Waals surface area contributed by atoms with Crippen molar-refractivity contribution in [1.29, 1.82) is 0 Å². The molecule has 1 aromatic carbocycles. The highest BCUT2D eigenvalue weighted by molar-refractivity contribution is 5.97. The molecule has 2 aliphatic carbocycles. The summed E-state index contributed by atoms with van der Waals surface area (Å²) < 4.78 is 59.0. The van der Waals surface area contributed by atoms with E-state index in [0.717, 1.165) is 36.8 Å². The Morgan fingerprint density at radius 2 is 1.64 bits per heavy atom. The van der Waals surface area contributed by atoms with Crippen molar-refractivity contribution in [3.8, 4) is 17.4 Å². The van der Waals surface area contributed by atoms with Crippen LogP contribution in [0.15, 0.2) is 24.4 Å². The molecule has 1 atom stereocenters. The van der Waals surface area contributed by atoms with Gasteiger partial charge in [-0.05, 0) is 74.0 Å². The van der Waals surface area contributed by atoms with Crippen molar-refractivity contribution >= 4 is 17.8 Å². The van der Waals surface area contributed by atoms with Crippen LogP contribution in [0.25, 0.3) is 0 Å². The molecule has 2 aromatic rings. The minimum absolute atomic E-state index is 0.0957. The lowest BCUT2D eigenvalue weighted by Crippen LogP contribution is -2.40. The Hall–Kier alpha value is -3.90. The number of rotatable bonds is 9. The van der Waals surface area contributed by atoms with Gasteiger partial charge in [0.05, 0.1) is 18.4 Å². The number of hydrogen-bond donors (Lipinski definition) is 2. The SMILES string of the molecule is CC(C)COc1ncc(Oc2cc(F)c(C(=O)N3CCC[C@H]3C(=O)O)cc2C2CC2)cc1C1CC1.O=C(O)C(F)(F)F.